The van der Waals surface area contributed by atoms with Gasteiger partial charge in [-0.25, -0.2) is 4.98 Å². The molecule has 2 heterocycles. The lowest BCUT2D eigenvalue weighted by Gasteiger charge is -2.30. The Morgan fingerprint density at radius 2 is 2.50 bits per heavy atom. The maximum absolute atomic E-state index is 10.7. The molecule has 0 radical (unpaired) electrons. The first-order valence-electron chi connectivity index (χ1n) is 4.97. The Morgan fingerprint density at radius 3 is 3.21 bits per heavy atom. The second-order valence-electron chi connectivity index (χ2n) is 3.90. The summed E-state index contributed by atoms with van der Waals surface area (Å²) in [5.41, 5.74) is 0.685. The van der Waals surface area contributed by atoms with Gasteiger partial charge < -0.3 is 9.47 Å². The molecule has 2 rings (SSSR count). The van der Waals surface area contributed by atoms with Gasteiger partial charge in [-0.1, -0.05) is 0 Å². The zero-order valence-corrected chi connectivity index (χ0v) is 8.39. The van der Waals surface area contributed by atoms with Crippen molar-refractivity contribution in [2.45, 2.75) is 18.9 Å². The molecule has 14 heavy (non-hydrogen) atoms. The summed E-state index contributed by atoms with van der Waals surface area (Å²) in [5, 5.41) is 0. The topological polar surface area (TPSA) is 38.1 Å². The van der Waals surface area contributed by atoms with Gasteiger partial charge in [-0.3, -0.25) is 4.79 Å². The fourth-order valence-corrected chi connectivity index (χ4v) is 2.08. The van der Waals surface area contributed by atoms with Gasteiger partial charge in [0.2, 0.25) is 0 Å². The van der Waals surface area contributed by atoms with Gasteiger partial charge in [-0.15, -0.1) is 0 Å². The number of hydrogen-bond donors (Lipinski definition) is 0. The normalized spacial score (nSPS) is 23.6. The van der Waals surface area contributed by atoms with Crippen LogP contribution in [0.1, 0.15) is 29.4 Å². The molecule has 4 nitrogen and oxygen atoms in total. The molecule has 1 aliphatic heterocycles. The van der Waals surface area contributed by atoms with E-state index < -0.39 is 0 Å². The largest absolute Gasteiger partial charge is 0.324 e. The highest BCUT2D eigenvalue weighted by Crippen LogP contribution is 2.21. The summed E-state index contributed by atoms with van der Waals surface area (Å²) in [6, 6.07) is 0.413. The van der Waals surface area contributed by atoms with E-state index >= 15 is 0 Å². The van der Waals surface area contributed by atoms with E-state index in [1.807, 2.05) is 4.57 Å². The Hall–Kier alpha value is -1.16. The maximum atomic E-state index is 10.7. The average molecular weight is 193 g/mol. The highest BCUT2D eigenvalue weighted by molar-refractivity contribution is 5.71. The lowest BCUT2D eigenvalue weighted by atomic mass is 10.1. The van der Waals surface area contributed by atoms with E-state index in [-0.39, 0.29) is 0 Å². The molecule has 1 aromatic heterocycles. The molecule has 1 atom stereocenters. The number of carbonyl (C=O) groups is 1. The number of rotatable bonds is 2. The van der Waals surface area contributed by atoms with Crippen LogP contribution >= 0.6 is 0 Å². The van der Waals surface area contributed by atoms with Crippen molar-refractivity contribution in [1.29, 1.82) is 0 Å². The first-order valence-corrected chi connectivity index (χ1v) is 4.97. The van der Waals surface area contributed by atoms with Crippen molar-refractivity contribution in [1.82, 2.24) is 14.5 Å². The third-order valence-corrected chi connectivity index (χ3v) is 2.81. The van der Waals surface area contributed by atoms with E-state index in [0.29, 0.717) is 11.7 Å². The minimum Gasteiger partial charge on any atom is -0.324 e. The van der Waals surface area contributed by atoms with Crippen LogP contribution in [0, 0.1) is 0 Å². The van der Waals surface area contributed by atoms with Crippen LogP contribution in [0.3, 0.4) is 0 Å². The molecule has 0 aromatic carbocycles. The first kappa shape index (κ1) is 9.40. The van der Waals surface area contributed by atoms with Crippen molar-refractivity contribution in [3.8, 4) is 0 Å². The van der Waals surface area contributed by atoms with Crippen LogP contribution in [0.25, 0.3) is 0 Å². The fraction of sp³-hybridized carbons (Fsp3) is 0.600. The molecule has 0 bridgehead atoms. The third kappa shape index (κ3) is 1.70. The number of likely N-dealkylation sites (tertiary alicyclic amines) is 1. The van der Waals surface area contributed by atoms with E-state index in [9.17, 15) is 4.79 Å². The number of aldehydes is 1. The van der Waals surface area contributed by atoms with Crippen LogP contribution in [-0.2, 0) is 0 Å². The zero-order chi connectivity index (χ0) is 9.97. The summed E-state index contributed by atoms with van der Waals surface area (Å²) in [6.45, 7) is 2.17. The molecular weight excluding hydrogens is 178 g/mol. The van der Waals surface area contributed by atoms with Crippen LogP contribution < -0.4 is 0 Å². The average Bonchev–Trinajstić information content (AvgIpc) is 2.65. The molecule has 76 valence electrons. The van der Waals surface area contributed by atoms with Crippen molar-refractivity contribution in [3.63, 3.8) is 0 Å². The van der Waals surface area contributed by atoms with E-state index in [1.54, 1.807) is 12.5 Å². The Kier molecular flexibility index (Phi) is 2.63. The maximum Gasteiger partial charge on any atom is 0.168 e. The second-order valence-corrected chi connectivity index (χ2v) is 3.90. The highest BCUT2D eigenvalue weighted by atomic mass is 16.1. The van der Waals surface area contributed by atoms with Crippen molar-refractivity contribution >= 4 is 6.29 Å². The van der Waals surface area contributed by atoms with E-state index in [2.05, 4.69) is 16.9 Å². The van der Waals surface area contributed by atoms with Gasteiger partial charge in [0.25, 0.3) is 0 Å². The fourth-order valence-electron chi connectivity index (χ4n) is 2.08. The predicted octanol–water partition coefficient (Wildman–Crippen LogP) is 0.962. The lowest BCUT2D eigenvalue weighted by molar-refractivity contribution is 0.110. The van der Waals surface area contributed by atoms with Gasteiger partial charge in [0, 0.05) is 12.6 Å². The van der Waals surface area contributed by atoms with Crippen LogP contribution in [0.5, 0.6) is 0 Å². The summed E-state index contributed by atoms with van der Waals surface area (Å²) in [5.74, 6) is 0. The SMILES string of the molecule is CN1CCCC(n2cncc2C=O)C1. The molecule has 1 aromatic rings. The van der Waals surface area contributed by atoms with Crippen LogP contribution in [0.15, 0.2) is 12.5 Å². The summed E-state index contributed by atoms with van der Waals surface area (Å²) >= 11 is 0. The minimum atomic E-state index is 0.413. The van der Waals surface area contributed by atoms with Crippen molar-refractivity contribution in [2.75, 3.05) is 20.1 Å². The Morgan fingerprint density at radius 1 is 1.64 bits per heavy atom. The summed E-state index contributed by atoms with van der Waals surface area (Å²) < 4.78 is 1.99. The molecule has 0 saturated carbocycles. The van der Waals surface area contributed by atoms with Crippen LogP contribution in [0.4, 0.5) is 0 Å². The molecule has 4 heteroatoms. The first-order chi connectivity index (χ1) is 6.81. The Balaban J connectivity index is 2.17. The van der Waals surface area contributed by atoms with Gasteiger partial charge >= 0.3 is 0 Å². The smallest absolute Gasteiger partial charge is 0.168 e. The second kappa shape index (κ2) is 3.92. The zero-order valence-electron chi connectivity index (χ0n) is 8.39. The molecular formula is C10H15N3O. The third-order valence-electron chi connectivity index (χ3n) is 2.81. The molecule has 1 fully saturated rings. The van der Waals surface area contributed by atoms with E-state index in [4.69, 9.17) is 0 Å². The summed E-state index contributed by atoms with van der Waals surface area (Å²) in [6.07, 6.45) is 6.59. The lowest BCUT2D eigenvalue weighted by Crippen LogP contribution is -2.33. The highest BCUT2D eigenvalue weighted by Gasteiger charge is 2.19. The number of nitrogens with zero attached hydrogens (tertiary/aromatic N) is 3. The number of imidazole rings is 1. The molecule has 0 N–H and O–H groups in total. The van der Waals surface area contributed by atoms with Crippen LogP contribution in [0.2, 0.25) is 0 Å². The number of piperidine rings is 1. The van der Waals surface area contributed by atoms with E-state index in [0.717, 1.165) is 25.8 Å². The molecule has 0 spiro atoms. The summed E-state index contributed by atoms with van der Waals surface area (Å²) in [7, 11) is 2.11. The summed E-state index contributed by atoms with van der Waals surface area (Å²) in [4.78, 5) is 17.0. The van der Waals surface area contributed by atoms with Gasteiger partial charge in [-0.05, 0) is 26.4 Å². The number of hydrogen-bond acceptors (Lipinski definition) is 3. The van der Waals surface area contributed by atoms with Crippen LogP contribution in [-0.4, -0.2) is 40.9 Å². The Labute approximate surface area is 83.5 Å². The van der Waals surface area contributed by atoms with Crippen molar-refractivity contribution in [2.24, 2.45) is 0 Å². The van der Waals surface area contributed by atoms with Gasteiger partial charge in [0.05, 0.1) is 12.5 Å². The quantitative estimate of drug-likeness (QED) is 0.657. The Bertz CT molecular complexity index is 321. The monoisotopic (exact) mass is 193 g/mol. The molecule has 0 amide bonds. The molecule has 1 aliphatic rings. The van der Waals surface area contributed by atoms with Gasteiger partial charge in [-0.2, -0.15) is 0 Å². The van der Waals surface area contributed by atoms with Crippen molar-refractivity contribution in [3.05, 3.63) is 18.2 Å². The number of aromatic nitrogens is 2. The number of likely N-dealkylation sites (N-methyl/N-ethyl adjacent to an activating group) is 1. The van der Waals surface area contributed by atoms with Crippen molar-refractivity contribution < 1.29 is 4.79 Å². The molecule has 1 unspecified atom stereocenters. The minimum absolute atomic E-state index is 0.413. The number of carbonyl (C=O) groups excluding carboxylic acids is 1. The van der Waals surface area contributed by atoms with Gasteiger partial charge in [0.15, 0.2) is 6.29 Å². The van der Waals surface area contributed by atoms with E-state index in [1.165, 1.54) is 6.42 Å². The molecule has 0 aliphatic carbocycles. The van der Waals surface area contributed by atoms with Gasteiger partial charge in [0.1, 0.15) is 5.69 Å². The predicted molar refractivity (Wildman–Crippen MR) is 53.4 cm³/mol. The standard InChI is InChI=1S/C10H15N3O/c1-12-4-2-3-9(6-12)13-8-11-5-10(13)7-14/h5,7-9H,2-4,6H2,1H3. The molecule has 1 saturated heterocycles.